The molecule has 0 spiro atoms. The number of carbonyl (C=O) groups excluding carboxylic acids is 3. The van der Waals surface area contributed by atoms with Gasteiger partial charge in [-0.05, 0) is 52.4 Å². The van der Waals surface area contributed by atoms with Crippen LogP contribution in [0.25, 0.3) is 0 Å². The van der Waals surface area contributed by atoms with E-state index in [1.807, 2.05) is 104 Å². The number of alkyl carbamates (subject to hydrolysis) is 1. The summed E-state index contributed by atoms with van der Waals surface area (Å²) in [7, 11) is 0. The Bertz CT molecular complexity index is 1740. The van der Waals surface area contributed by atoms with Crippen LogP contribution in [0.2, 0.25) is 0 Å². The molecule has 2 unspecified atom stereocenters. The average molecular weight is 661 g/mol. The van der Waals surface area contributed by atoms with Crippen LogP contribution in [0.1, 0.15) is 40.8 Å². The molecule has 0 radical (unpaired) electrons. The third-order valence-corrected chi connectivity index (χ3v) is 7.85. The van der Waals surface area contributed by atoms with Gasteiger partial charge in [-0.15, -0.1) is 0 Å². The van der Waals surface area contributed by atoms with Gasteiger partial charge in [-0.3, -0.25) is 14.6 Å². The van der Waals surface area contributed by atoms with Crippen molar-refractivity contribution in [2.24, 2.45) is 0 Å². The predicted molar refractivity (Wildman–Crippen MR) is 184 cm³/mol. The maximum absolute atomic E-state index is 14.2. The van der Waals surface area contributed by atoms with Crippen molar-refractivity contribution in [3.8, 4) is 5.75 Å². The van der Waals surface area contributed by atoms with Gasteiger partial charge >= 0.3 is 6.09 Å². The quantitative estimate of drug-likeness (QED) is 0.133. The van der Waals surface area contributed by atoms with Gasteiger partial charge in [0, 0.05) is 43.8 Å². The van der Waals surface area contributed by atoms with Crippen molar-refractivity contribution >= 4 is 17.9 Å². The van der Waals surface area contributed by atoms with Gasteiger partial charge in [0.05, 0.1) is 12.9 Å². The molecule has 5 rings (SSSR count). The highest BCUT2D eigenvalue weighted by molar-refractivity contribution is 5.89. The zero-order chi connectivity index (χ0) is 34.3. The number of ether oxygens (including phenoxy) is 2. The summed E-state index contributed by atoms with van der Waals surface area (Å²) < 4.78 is 11.3. The summed E-state index contributed by atoms with van der Waals surface area (Å²) in [4.78, 5) is 53.0. The van der Waals surface area contributed by atoms with Gasteiger partial charge in [-0.2, -0.15) is 0 Å². The number of carbonyl (C=O) groups is 3. The average Bonchev–Trinajstić information content (AvgIpc) is 3.66. The molecule has 3 aromatic carbocycles. The Hall–Kier alpha value is -5.97. The SMILES string of the molecule is CC(CNC(=O)CN(Cc1ccc(OCc2ccncc2)cc1)C(=O)C(Cc1cnc[nH]1)NC(=O)OCc1ccccc1)c1ccccc1. The van der Waals surface area contributed by atoms with Crippen LogP contribution in [0, 0.1) is 0 Å². The van der Waals surface area contributed by atoms with E-state index >= 15 is 0 Å². The van der Waals surface area contributed by atoms with Gasteiger partial charge in [-0.25, -0.2) is 9.78 Å². The molecule has 2 heterocycles. The number of nitrogens with one attached hydrogen (secondary N) is 3. The lowest BCUT2D eigenvalue weighted by atomic mass is 10.0. The molecule has 11 heteroatoms. The van der Waals surface area contributed by atoms with E-state index in [0.29, 0.717) is 24.6 Å². The van der Waals surface area contributed by atoms with Crippen molar-refractivity contribution < 1.29 is 23.9 Å². The van der Waals surface area contributed by atoms with Gasteiger partial charge in [0.2, 0.25) is 11.8 Å². The van der Waals surface area contributed by atoms with Crippen LogP contribution in [0.4, 0.5) is 4.79 Å². The maximum atomic E-state index is 14.2. The highest BCUT2D eigenvalue weighted by Gasteiger charge is 2.29. The number of hydrogen-bond acceptors (Lipinski definition) is 7. The number of benzene rings is 3. The molecule has 252 valence electrons. The Balaban J connectivity index is 1.29. The van der Waals surface area contributed by atoms with Crippen molar-refractivity contribution in [1.82, 2.24) is 30.5 Å². The molecule has 5 aromatic rings. The lowest BCUT2D eigenvalue weighted by Crippen LogP contribution is -2.52. The smallest absolute Gasteiger partial charge is 0.408 e. The van der Waals surface area contributed by atoms with Gasteiger partial charge in [0.1, 0.15) is 25.0 Å². The molecule has 49 heavy (non-hydrogen) atoms. The molecule has 0 saturated heterocycles. The van der Waals surface area contributed by atoms with Crippen LogP contribution < -0.4 is 15.4 Å². The van der Waals surface area contributed by atoms with Crippen LogP contribution in [-0.4, -0.2) is 56.9 Å². The van der Waals surface area contributed by atoms with Crippen molar-refractivity contribution in [3.05, 3.63) is 150 Å². The minimum absolute atomic E-state index is 0.0406. The van der Waals surface area contributed by atoms with E-state index in [4.69, 9.17) is 9.47 Å². The number of aromatic amines is 1. The molecule has 0 saturated carbocycles. The van der Waals surface area contributed by atoms with Crippen molar-refractivity contribution in [2.45, 2.75) is 45.1 Å². The largest absolute Gasteiger partial charge is 0.489 e. The Morgan fingerprint density at radius 2 is 1.51 bits per heavy atom. The number of nitrogens with zero attached hydrogens (tertiary/aromatic N) is 3. The fourth-order valence-electron chi connectivity index (χ4n) is 5.11. The first-order valence-corrected chi connectivity index (χ1v) is 16.1. The lowest BCUT2D eigenvalue weighted by molar-refractivity contribution is -0.138. The maximum Gasteiger partial charge on any atom is 0.408 e. The number of pyridine rings is 1. The molecule has 0 aliphatic heterocycles. The molecule has 2 aromatic heterocycles. The summed E-state index contributed by atoms with van der Waals surface area (Å²) in [5.74, 6) is -0.0369. The molecule has 0 fully saturated rings. The summed E-state index contributed by atoms with van der Waals surface area (Å²) in [5.41, 5.74) is 4.31. The molecule has 2 atom stereocenters. The third kappa shape index (κ3) is 11.1. The monoisotopic (exact) mass is 660 g/mol. The summed E-state index contributed by atoms with van der Waals surface area (Å²) in [5, 5.41) is 5.69. The van der Waals surface area contributed by atoms with Gasteiger partial charge in [0.25, 0.3) is 0 Å². The van der Waals surface area contributed by atoms with Crippen LogP contribution in [0.15, 0.2) is 122 Å². The molecule has 0 bridgehead atoms. The highest BCUT2D eigenvalue weighted by atomic mass is 16.5. The molecule has 0 aliphatic rings. The normalized spacial score (nSPS) is 11.9. The molecular formula is C38H40N6O5. The molecule has 3 amide bonds. The van der Waals surface area contributed by atoms with Crippen LogP contribution >= 0.6 is 0 Å². The zero-order valence-corrected chi connectivity index (χ0v) is 27.3. The Morgan fingerprint density at radius 1 is 0.816 bits per heavy atom. The van der Waals surface area contributed by atoms with E-state index in [1.165, 1.54) is 11.2 Å². The van der Waals surface area contributed by atoms with Gasteiger partial charge < -0.3 is 30.0 Å². The van der Waals surface area contributed by atoms with Crippen molar-refractivity contribution in [2.75, 3.05) is 13.1 Å². The summed E-state index contributed by atoms with van der Waals surface area (Å²) in [6, 6.07) is 29.2. The number of rotatable bonds is 16. The lowest BCUT2D eigenvalue weighted by Gasteiger charge is -2.28. The van der Waals surface area contributed by atoms with E-state index in [9.17, 15) is 14.4 Å². The Morgan fingerprint density at radius 3 is 2.20 bits per heavy atom. The summed E-state index contributed by atoms with van der Waals surface area (Å²) in [6.45, 7) is 2.75. The molecule has 11 nitrogen and oxygen atoms in total. The van der Waals surface area contributed by atoms with E-state index in [0.717, 1.165) is 22.3 Å². The highest BCUT2D eigenvalue weighted by Crippen LogP contribution is 2.17. The van der Waals surface area contributed by atoms with Crippen molar-refractivity contribution in [3.63, 3.8) is 0 Å². The number of hydrogen-bond donors (Lipinski definition) is 3. The van der Waals surface area contributed by atoms with Gasteiger partial charge in [-0.1, -0.05) is 79.7 Å². The van der Waals surface area contributed by atoms with E-state index in [-0.39, 0.29) is 37.9 Å². The van der Waals surface area contributed by atoms with Gasteiger partial charge in [0.15, 0.2) is 0 Å². The van der Waals surface area contributed by atoms with E-state index in [2.05, 4.69) is 25.6 Å². The number of amides is 3. The first-order chi connectivity index (χ1) is 23.9. The molecule has 3 N–H and O–H groups in total. The zero-order valence-electron chi connectivity index (χ0n) is 27.3. The summed E-state index contributed by atoms with van der Waals surface area (Å²) >= 11 is 0. The van der Waals surface area contributed by atoms with Crippen LogP contribution in [0.5, 0.6) is 5.75 Å². The standard InChI is InChI=1S/C38H40N6O5/c1-28(32-10-6-3-7-11-32)21-41-36(45)24-44(23-29-12-14-34(15-13-29)48-25-31-16-18-39-19-17-31)37(46)35(20-33-22-40-27-42-33)43-38(47)49-26-30-8-4-2-5-9-30/h2-19,22,27-28,35H,20-21,23-26H2,1H3,(H,40,42)(H,41,45)(H,43,47). The fourth-order valence-corrected chi connectivity index (χ4v) is 5.11. The molecular weight excluding hydrogens is 620 g/mol. The second kappa shape index (κ2) is 17.8. The van der Waals surface area contributed by atoms with E-state index < -0.39 is 18.0 Å². The molecule has 0 aliphatic carbocycles. The van der Waals surface area contributed by atoms with Crippen molar-refractivity contribution in [1.29, 1.82) is 0 Å². The first kappa shape index (κ1) is 34.4. The predicted octanol–water partition coefficient (Wildman–Crippen LogP) is 5.17. The number of H-pyrrole nitrogens is 1. The van der Waals surface area contributed by atoms with Crippen LogP contribution in [-0.2, 0) is 40.5 Å². The topological polar surface area (TPSA) is 139 Å². The first-order valence-electron chi connectivity index (χ1n) is 16.1. The number of imidazole rings is 1. The second-order valence-corrected chi connectivity index (χ2v) is 11.6. The second-order valence-electron chi connectivity index (χ2n) is 11.6. The summed E-state index contributed by atoms with van der Waals surface area (Å²) in [6.07, 6.45) is 5.88. The minimum atomic E-state index is -1.04. The fraction of sp³-hybridized carbons (Fsp3) is 0.237. The minimum Gasteiger partial charge on any atom is -0.489 e. The number of aromatic nitrogens is 3. The third-order valence-electron chi connectivity index (χ3n) is 7.85. The Kier molecular flexibility index (Phi) is 12.5. The Labute approximate surface area is 285 Å². The van der Waals surface area contributed by atoms with Crippen LogP contribution in [0.3, 0.4) is 0 Å². The van der Waals surface area contributed by atoms with E-state index in [1.54, 1.807) is 18.6 Å².